The van der Waals surface area contributed by atoms with Gasteiger partial charge in [0, 0.05) is 12.6 Å². The Morgan fingerprint density at radius 1 is 1.35 bits per heavy atom. The lowest BCUT2D eigenvalue weighted by molar-refractivity contribution is -0.126. The van der Waals surface area contributed by atoms with Crippen molar-refractivity contribution in [2.75, 3.05) is 13.1 Å². The number of hydrogen-bond donors (Lipinski definition) is 2. The van der Waals surface area contributed by atoms with E-state index in [1.165, 1.54) is 32.1 Å². The van der Waals surface area contributed by atoms with E-state index in [4.69, 9.17) is 0 Å². The average Bonchev–Trinajstić information content (AvgIpc) is 2.76. The molecule has 1 amide bonds. The van der Waals surface area contributed by atoms with Crippen LogP contribution in [0.5, 0.6) is 0 Å². The maximum atomic E-state index is 12.2. The molecular formula is C14H26N2O. The molecule has 4 atom stereocenters. The number of rotatable bonds is 3. The molecular weight excluding hydrogens is 212 g/mol. The quantitative estimate of drug-likeness (QED) is 0.789. The monoisotopic (exact) mass is 238 g/mol. The number of carbonyl (C=O) groups excluding carboxylic acids is 1. The third-order valence-electron chi connectivity index (χ3n) is 4.56. The van der Waals surface area contributed by atoms with Crippen LogP contribution in [0.3, 0.4) is 0 Å². The van der Waals surface area contributed by atoms with Crippen LogP contribution in [0.1, 0.15) is 46.0 Å². The second kappa shape index (κ2) is 5.85. The van der Waals surface area contributed by atoms with Gasteiger partial charge in [-0.3, -0.25) is 4.79 Å². The molecule has 0 radical (unpaired) electrons. The normalized spacial score (nSPS) is 38.0. The van der Waals surface area contributed by atoms with Gasteiger partial charge in [0.2, 0.25) is 5.91 Å². The molecule has 17 heavy (non-hydrogen) atoms. The largest absolute Gasteiger partial charge is 0.353 e. The summed E-state index contributed by atoms with van der Waals surface area (Å²) in [4.78, 5) is 12.2. The molecule has 0 aromatic rings. The summed E-state index contributed by atoms with van der Waals surface area (Å²) in [7, 11) is 0. The summed E-state index contributed by atoms with van der Waals surface area (Å²) >= 11 is 0. The lowest BCUT2D eigenvalue weighted by Crippen LogP contribution is -2.43. The Kier molecular flexibility index (Phi) is 4.43. The summed E-state index contributed by atoms with van der Waals surface area (Å²) in [5.74, 6) is 1.79. The molecule has 1 heterocycles. The van der Waals surface area contributed by atoms with Crippen molar-refractivity contribution in [1.29, 1.82) is 0 Å². The molecule has 3 heteroatoms. The van der Waals surface area contributed by atoms with Crippen LogP contribution in [0.25, 0.3) is 0 Å². The van der Waals surface area contributed by atoms with Gasteiger partial charge >= 0.3 is 0 Å². The van der Waals surface area contributed by atoms with Crippen LogP contribution in [0.2, 0.25) is 0 Å². The Bertz CT molecular complexity index is 267. The third-order valence-corrected chi connectivity index (χ3v) is 4.56. The smallest absolute Gasteiger partial charge is 0.224 e. The maximum Gasteiger partial charge on any atom is 0.224 e. The van der Waals surface area contributed by atoms with Gasteiger partial charge in [-0.25, -0.2) is 0 Å². The highest BCUT2D eigenvalue weighted by molar-refractivity contribution is 5.79. The lowest BCUT2D eigenvalue weighted by Gasteiger charge is -2.30. The minimum absolute atomic E-state index is 0.192. The van der Waals surface area contributed by atoms with Gasteiger partial charge in [-0.1, -0.05) is 33.1 Å². The van der Waals surface area contributed by atoms with E-state index >= 15 is 0 Å². The van der Waals surface area contributed by atoms with E-state index in [2.05, 4.69) is 24.5 Å². The molecule has 2 unspecified atom stereocenters. The first kappa shape index (κ1) is 12.9. The zero-order valence-electron chi connectivity index (χ0n) is 11.2. The fourth-order valence-corrected chi connectivity index (χ4v) is 3.26. The van der Waals surface area contributed by atoms with Gasteiger partial charge < -0.3 is 10.6 Å². The van der Waals surface area contributed by atoms with Crippen LogP contribution < -0.4 is 10.6 Å². The summed E-state index contributed by atoms with van der Waals surface area (Å²) in [5, 5.41) is 6.58. The van der Waals surface area contributed by atoms with Gasteiger partial charge in [-0.05, 0) is 31.2 Å². The predicted octanol–water partition coefficient (Wildman–Crippen LogP) is 1.93. The number of hydrogen-bond acceptors (Lipinski definition) is 2. The minimum atomic E-state index is 0.192. The van der Waals surface area contributed by atoms with E-state index < -0.39 is 0 Å². The van der Waals surface area contributed by atoms with Crippen LogP contribution >= 0.6 is 0 Å². The Hall–Kier alpha value is -0.570. The third kappa shape index (κ3) is 3.21. The van der Waals surface area contributed by atoms with Gasteiger partial charge in [0.05, 0.1) is 5.92 Å². The number of nitrogens with one attached hydrogen (secondary N) is 2. The fraction of sp³-hybridized carbons (Fsp3) is 0.929. The standard InChI is InChI=1S/C14H26N2O/c1-3-11-5-4-6-12(7-11)16-14(17)13-9-15-8-10(13)2/h10-13,15H,3-9H2,1-2H3,(H,16,17)/t10-,11?,12?,13-/m1/s1. The van der Waals surface area contributed by atoms with Crippen LogP contribution in [0, 0.1) is 17.8 Å². The van der Waals surface area contributed by atoms with Crippen molar-refractivity contribution in [3.8, 4) is 0 Å². The van der Waals surface area contributed by atoms with Gasteiger partial charge in [0.1, 0.15) is 0 Å². The highest BCUT2D eigenvalue weighted by Crippen LogP contribution is 2.27. The Balaban J connectivity index is 1.81. The first-order valence-electron chi connectivity index (χ1n) is 7.21. The van der Waals surface area contributed by atoms with Gasteiger partial charge in [-0.15, -0.1) is 0 Å². The molecule has 98 valence electrons. The van der Waals surface area contributed by atoms with Crippen LogP contribution in [0.4, 0.5) is 0 Å². The molecule has 3 nitrogen and oxygen atoms in total. The van der Waals surface area contributed by atoms with Crippen molar-refractivity contribution in [2.24, 2.45) is 17.8 Å². The molecule has 0 aromatic heterocycles. The van der Waals surface area contributed by atoms with E-state index in [0.29, 0.717) is 12.0 Å². The first-order chi connectivity index (χ1) is 8.20. The fourth-order valence-electron chi connectivity index (χ4n) is 3.26. The van der Waals surface area contributed by atoms with Crippen molar-refractivity contribution in [3.63, 3.8) is 0 Å². The zero-order chi connectivity index (χ0) is 12.3. The van der Waals surface area contributed by atoms with Crippen LogP contribution in [-0.2, 0) is 4.79 Å². The van der Waals surface area contributed by atoms with Crippen molar-refractivity contribution in [3.05, 3.63) is 0 Å². The SMILES string of the molecule is CCC1CCCC(NC(=O)[C@@H]2CNC[C@H]2C)C1. The van der Waals surface area contributed by atoms with Crippen molar-refractivity contribution >= 4 is 5.91 Å². The molecule has 1 saturated carbocycles. The van der Waals surface area contributed by atoms with E-state index in [1.807, 2.05) is 0 Å². The second-order valence-electron chi connectivity index (χ2n) is 5.89. The summed E-state index contributed by atoms with van der Waals surface area (Å²) in [6.07, 6.45) is 6.26. The van der Waals surface area contributed by atoms with Crippen LogP contribution in [-0.4, -0.2) is 25.0 Å². The molecule has 0 aromatic carbocycles. The molecule has 1 saturated heterocycles. The van der Waals surface area contributed by atoms with E-state index in [0.717, 1.165) is 19.0 Å². The molecule has 1 aliphatic heterocycles. The zero-order valence-corrected chi connectivity index (χ0v) is 11.2. The maximum absolute atomic E-state index is 12.2. The highest BCUT2D eigenvalue weighted by Gasteiger charge is 2.31. The van der Waals surface area contributed by atoms with Gasteiger partial charge in [0.15, 0.2) is 0 Å². The van der Waals surface area contributed by atoms with Gasteiger partial charge in [0.25, 0.3) is 0 Å². The van der Waals surface area contributed by atoms with E-state index in [1.54, 1.807) is 0 Å². The van der Waals surface area contributed by atoms with Gasteiger partial charge in [-0.2, -0.15) is 0 Å². The van der Waals surface area contributed by atoms with Crippen molar-refractivity contribution < 1.29 is 4.79 Å². The lowest BCUT2D eigenvalue weighted by atomic mass is 9.84. The average molecular weight is 238 g/mol. The van der Waals surface area contributed by atoms with Crippen LogP contribution in [0.15, 0.2) is 0 Å². The first-order valence-corrected chi connectivity index (χ1v) is 7.21. The molecule has 2 N–H and O–H groups in total. The molecule has 0 bridgehead atoms. The number of carbonyl (C=O) groups is 1. The molecule has 1 aliphatic carbocycles. The molecule has 2 fully saturated rings. The van der Waals surface area contributed by atoms with Crippen molar-refractivity contribution in [2.45, 2.75) is 52.0 Å². The highest BCUT2D eigenvalue weighted by atomic mass is 16.2. The summed E-state index contributed by atoms with van der Waals surface area (Å²) in [6.45, 7) is 6.27. The topological polar surface area (TPSA) is 41.1 Å². The Labute approximate surface area is 105 Å². The summed E-state index contributed by atoms with van der Waals surface area (Å²) in [5.41, 5.74) is 0. The molecule has 0 spiro atoms. The minimum Gasteiger partial charge on any atom is -0.353 e. The van der Waals surface area contributed by atoms with E-state index in [9.17, 15) is 4.79 Å². The van der Waals surface area contributed by atoms with E-state index in [-0.39, 0.29) is 11.8 Å². The Morgan fingerprint density at radius 2 is 2.18 bits per heavy atom. The predicted molar refractivity (Wildman–Crippen MR) is 69.7 cm³/mol. The molecule has 2 aliphatic rings. The summed E-state index contributed by atoms with van der Waals surface area (Å²) in [6, 6.07) is 0.439. The Morgan fingerprint density at radius 3 is 2.82 bits per heavy atom. The molecule has 2 rings (SSSR count). The summed E-state index contributed by atoms with van der Waals surface area (Å²) < 4.78 is 0. The van der Waals surface area contributed by atoms with Crippen molar-refractivity contribution in [1.82, 2.24) is 10.6 Å². The number of amides is 1. The second-order valence-corrected chi connectivity index (χ2v) is 5.89.